The quantitative estimate of drug-likeness (QED) is 0.194. The van der Waals surface area contributed by atoms with Crippen molar-refractivity contribution in [3.63, 3.8) is 0 Å². The van der Waals surface area contributed by atoms with E-state index in [4.69, 9.17) is 18.9 Å². The Bertz CT molecular complexity index is 1360. The third-order valence-corrected chi connectivity index (χ3v) is 6.59. The van der Waals surface area contributed by atoms with Gasteiger partial charge in [-0.1, -0.05) is 47.7 Å². The molecule has 0 aliphatic carbocycles. The zero-order valence-electron chi connectivity index (χ0n) is 22.0. The van der Waals surface area contributed by atoms with Gasteiger partial charge in [0.1, 0.15) is 0 Å². The van der Waals surface area contributed by atoms with Crippen LogP contribution in [-0.4, -0.2) is 60.0 Å². The lowest BCUT2D eigenvalue weighted by Crippen LogP contribution is -2.62. The van der Waals surface area contributed by atoms with Gasteiger partial charge in [0.15, 0.2) is 35.6 Å². The number of aryl methyl sites for hydroxylation is 1. The largest absolute Gasteiger partial charge is 0.456 e. The van der Waals surface area contributed by atoms with Gasteiger partial charge in [-0.2, -0.15) is 0 Å². The van der Waals surface area contributed by atoms with Crippen LogP contribution in [0, 0.1) is 6.92 Å². The fourth-order valence-electron chi connectivity index (χ4n) is 4.06. The van der Waals surface area contributed by atoms with Crippen molar-refractivity contribution in [2.45, 2.75) is 58.8 Å². The molecule has 1 fully saturated rings. The summed E-state index contributed by atoms with van der Waals surface area (Å²) in [7, 11) is 0. The summed E-state index contributed by atoms with van der Waals surface area (Å²) in [5.41, 5.74) is 2.92. The molecule has 1 aliphatic rings. The van der Waals surface area contributed by atoms with Crippen molar-refractivity contribution in [3.8, 4) is 0 Å². The van der Waals surface area contributed by atoms with Crippen LogP contribution in [0.1, 0.15) is 31.9 Å². The first-order valence-electron chi connectivity index (χ1n) is 12.3. The molecule has 0 bridgehead atoms. The first-order valence-corrected chi connectivity index (χ1v) is 13.1. The van der Waals surface area contributed by atoms with Crippen LogP contribution < -0.4 is 10.6 Å². The van der Waals surface area contributed by atoms with Crippen LogP contribution in [-0.2, 0) is 39.9 Å². The van der Waals surface area contributed by atoms with E-state index in [2.05, 4.69) is 20.6 Å². The second-order valence-electron chi connectivity index (χ2n) is 8.96. The van der Waals surface area contributed by atoms with Crippen molar-refractivity contribution in [2.24, 2.45) is 4.99 Å². The third-order valence-electron chi connectivity index (χ3n) is 5.66. The number of carbonyl (C=O) groups excluding carboxylic acids is 3. The molecule has 39 heavy (non-hydrogen) atoms. The Hall–Kier alpha value is -4.03. The van der Waals surface area contributed by atoms with Gasteiger partial charge in [0, 0.05) is 20.8 Å². The zero-order chi connectivity index (χ0) is 27.9. The number of nitrogens with zero attached hydrogens (tertiary/aromatic N) is 2. The van der Waals surface area contributed by atoms with Crippen LogP contribution in [0.15, 0.2) is 53.5 Å². The zero-order valence-corrected chi connectivity index (χ0v) is 22.8. The molecule has 2 N–H and O–H groups in total. The van der Waals surface area contributed by atoms with E-state index in [1.54, 1.807) is 0 Å². The molecule has 0 amide bonds. The van der Waals surface area contributed by atoms with Gasteiger partial charge in [-0.25, -0.2) is 9.98 Å². The molecular weight excluding hydrogens is 524 g/mol. The van der Waals surface area contributed by atoms with Gasteiger partial charge >= 0.3 is 17.9 Å². The molecule has 1 saturated heterocycles. The number of hydrogen-bond donors (Lipinski definition) is 2. The predicted octanol–water partition coefficient (Wildman–Crippen LogP) is 3.31. The lowest BCUT2D eigenvalue weighted by atomic mass is 10.0. The molecule has 1 aromatic heterocycles. The van der Waals surface area contributed by atoms with Gasteiger partial charge in [0.05, 0.1) is 23.4 Å². The summed E-state index contributed by atoms with van der Waals surface area (Å²) in [6.07, 6.45) is -4.23. The highest BCUT2D eigenvalue weighted by molar-refractivity contribution is 7.22. The number of fused-ring (bicyclic) bond motifs is 1. The first kappa shape index (κ1) is 28.0. The normalized spacial score (nSPS) is 21.2. The lowest BCUT2D eigenvalue weighted by Gasteiger charge is -2.40. The number of rotatable bonds is 7. The minimum atomic E-state index is -1.15. The van der Waals surface area contributed by atoms with Gasteiger partial charge in [-0.3, -0.25) is 14.4 Å². The number of hydrogen-bond acceptors (Lipinski definition) is 10. The Morgan fingerprint density at radius 3 is 2.38 bits per heavy atom. The Kier molecular flexibility index (Phi) is 9.10. The second-order valence-corrected chi connectivity index (χ2v) is 9.99. The Labute approximate surface area is 229 Å². The maximum atomic E-state index is 12.0. The molecule has 11 nitrogen and oxygen atoms in total. The smallest absolute Gasteiger partial charge is 0.303 e. The van der Waals surface area contributed by atoms with Crippen LogP contribution >= 0.6 is 11.3 Å². The van der Waals surface area contributed by atoms with E-state index in [1.165, 1.54) is 32.1 Å². The summed E-state index contributed by atoms with van der Waals surface area (Å²) in [6, 6.07) is 15.6. The summed E-state index contributed by atoms with van der Waals surface area (Å²) >= 11 is 1.46. The van der Waals surface area contributed by atoms with E-state index in [1.807, 2.05) is 55.5 Å². The van der Waals surface area contributed by atoms with E-state index in [0.717, 1.165) is 21.3 Å². The number of aliphatic imine (C=N–C) groups is 1. The van der Waals surface area contributed by atoms with E-state index in [9.17, 15) is 14.4 Å². The molecule has 0 radical (unpaired) electrons. The van der Waals surface area contributed by atoms with Gasteiger partial charge in [-0.05, 0) is 30.2 Å². The number of ether oxygens (including phenoxy) is 4. The fraction of sp³-hybridized carbons (Fsp3) is 0.370. The summed E-state index contributed by atoms with van der Waals surface area (Å²) in [5.74, 6) is -1.56. The topological polar surface area (TPSA) is 137 Å². The van der Waals surface area contributed by atoms with Crippen molar-refractivity contribution < 1.29 is 33.3 Å². The predicted molar refractivity (Wildman–Crippen MR) is 145 cm³/mol. The van der Waals surface area contributed by atoms with Crippen molar-refractivity contribution in [3.05, 3.63) is 59.7 Å². The number of benzene rings is 2. The molecule has 206 valence electrons. The molecular formula is C27H30N4O7S. The first-order chi connectivity index (χ1) is 18.7. The second kappa shape index (κ2) is 12.7. The fourth-order valence-corrected chi connectivity index (χ4v) is 5.02. The maximum Gasteiger partial charge on any atom is 0.303 e. The highest BCUT2D eigenvalue weighted by atomic mass is 32.1. The van der Waals surface area contributed by atoms with Crippen molar-refractivity contribution in [2.75, 3.05) is 11.9 Å². The molecule has 12 heteroatoms. The molecule has 1 aliphatic heterocycles. The van der Waals surface area contributed by atoms with Crippen molar-refractivity contribution in [1.82, 2.24) is 10.3 Å². The van der Waals surface area contributed by atoms with Crippen LogP contribution in [0.25, 0.3) is 10.2 Å². The molecule has 0 saturated carbocycles. The molecule has 4 rings (SSSR count). The number of anilines is 1. The SMILES string of the molecule is CC(=O)O[C@@H]1[C@@H](OC(C)=O)[C@H](OC(C)=O)CO[C@H]1NC(=NCc1ccccc1)Nc1nc2ccc(C)cc2s1. The van der Waals surface area contributed by atoms with E-state index in [-0.39, 0.29) is 6.61 Å². The number of nitrogens with one attached hydrogen (secondary N) is 2. The number of guanidine groups is 1. The monoisotopic (exact) mass is 554 g/mol. The molecule has 0 spiro atoms. The van der Waals surface area contributed by atoms with E-state index in [0.29, 0.717) is 17.6 Å². The number of aromatic nitrogens is 1. The van der Waals surface area contributed by atoms with Crippen molar-refractivity contribution in [1.29, 1.82) is 0 Å². The van der Waals surface area contributed by atoms with Crippen LogP contribution in [0.5, 0.6) is 0 Å². The summed E-state index contributed by atoms with van der Waals surface area (Å²) in [6.45, 7) is 5.90. The average molecular weight is 555 g/mol. The van der Waals surface area contributed by atoms with Gasteiger partial charge in [0.25, 0.3) is 0 Å². The van der Waals surface area contributed by atoms with Gasteiger partial charge in [0.2, 0.25) is 0 Å². The minimum Gasteiger partial charge on any atom is -0.456 e. The minimum absolute atomic E-state index is 0.112. The average Bonchev–Trinajstić information content (AvgIpc) is 3.27. The van der Waals surface area contributed by atoms with Crippen LogP contribution in [0.4, 0.5) is 5.13 Å². The Morgan fingerprint density at radius 1 is 1.00 bits per heavy atom. The summed E-state index contributed by atoms with van der Waals surface area (Å²) < 4.78 is 23.2. The van der Waals surface area contributed by atoms with Crippen LogP contribution in [0.2, 0.25) is 0 Å². The Balaban J connectivity index is 1.63. The van der Waals surface area contributed by atoms with Crippen LogP contribution in [0.3, 0.4) is 0 Å². The maximum absolute atomic E-state index is 12.0. The van der Waals surface area contributed by atoms with Crippen molar-refractivity contribution >= 4 is 50.6 Å². The molecule has 0 unspecified atom stereocenters. The standard InChI is InChI=1S/C27H30N4O7S/c1-15-10-11-20-22(12-15)39-27(29-20)31-26(28-13-19-8-6-5-7-9-19)30-25-24(38-18(4)34)23(37-17(3)33)21(14-35-25)36-16(2)32/h5-12,21,23-25H,13-14H2,1-4H3,(H2,28,29,30,31)/t21-,23+,24-,25-/m1/s1. The highest BCUT2D eigenvalue weighted by Gasteiger charge is 2.47. The molecule has 2 aromatic carbocycles. The molecule has 4 atom stereocenters. The lowest BCUT2D eigenvalue weighted by molar-refractivity contribution is -0.227. The molecule has 2 heterocycles. The van der Waals surface area contributed by atoms with E-state index >= 15 is 0 Å². The van der Waals surface area contributed by atoms with Gasteiger partial charge in [-0.15, -0.1) is 0 Å². The van der Waals surface area contributed by atoms with Gasteiger partial charge < -0.3 is 29.6 Å². The number of carbonyl (C=O) groups is 3. The summed E-state index contributed by atoms with van der Waals surface area (Å²) in [5, 5.41) is 6.94. The summed E-state index contributed by atoms with van der Waals surface area (Å²) in [4.78, 5) is 44.9. The highest BCUT2D eigenvalue weighted by Crippen LogP contribution is 2.27. The third kappa shape index (κ3) is 7.74. The molecule has 3 aromatic rings. The Morgan fingerprint density at radius 2 is 1.69 bits per heavy atom. The number of esters is 3. The van der Waals surface area contributed by atoms with E-state index < -0.39 is 42.4 Å². The number of thiazole rings is 1.